The van der Waals surface area contributed by atoms with Gasteiger partial charge >= 0.3 is 0 Å². The Morgan fingerprint density at radius 1 is 0.339 bits per heavy atom. The summed E-state index contributed by atoms with van der Waals surface area (Å²) in [6.45, 7) is 0. The summed E-state index contributed by atoms with van der Waals surface area (Å²) in [5.41, 5.74) is 12.0. The van der Waals surface area contributed by atoms with E-state index in [2.05, 4.69) is 150 Å². The standard InChI is InChI=1S/C51H32N4O/c1-4-17-33(18-5-1)36-25-14-29-42(51-53-49(34-19-6-2-7-20-34)52-50(54-51)35-21-8-3-9-22-35)47(36)55-43-30-12-10-23-37(43)39-27-15-28-40(48(39)55)38-26-16-32-45-46(38)41-24-11-13-31-44(41)56-45/h1-32H. The Kier molecular flexibility index (Phi) is 7.42. The molecule has 0 aliphatic carbocycles. The van der Waals surface area contributed by atoms with E-state index in [1.165, 1.54) is 0 Å². The van der Waals surface area contributed by atoms with Crippen molar-refractivity contribution in [3.8, 4) is 62.1 Å². The number of hydrogen-bond acceptors (Lipinski definition) is 4. The molecule has 262 valence electrons. The first-order chi connectivity index (χ1) is 27.8. The topological polar surface area (TPSA) is 56.7 Å². The average Bonchev–Trinajstić information content (AvgIpc) is 3.83. The molecule has 5 heteroatoms. The van der Waals surface area contributed by atoms with Crippen molar-refractivity contribution >= 4 is 43.7 Å². The average molecular weight is 717 g/mol. The first-order valence-electron chi connectivity index (χ1n) is 18.8. The number of para-hydroxylation sites is 4. The Morgan fingerprint density at radius 3 is 1.57 bits per heavy atom. The van der Waals surface area contributed by atoms with Gasteiger partial charge in [-0.1, -0.05) is 170 Å². The van der Waals surface area contributed by atoms with E-state index in [1.807, 2.05) is 48.5 Å². The molecule has 11 aromatic rings. The molecule has 11 rings (SSSR count). The van der Waals surface area contributed by atoms with Crippen molar-refractivity contribution in [2.75, 3.05) is 0 Å². The van der Waals surface area contributed by atoms with Gasteiger partial charge < -0.3 is 8.98 Å². The van der Waals surface area contributed by atoms with Gasteiger partial charge in [-0.05, 0) is 35.4 Å². The zero-order valence-corrected chi connectivity index (χ0v) is 30.2. The predicted octanol–water partition coefficient (Wildman–Crippen LogP) is 13.2. The Balaban J connectivity index is 1.29. The van der Waals surface area contributed by atoms with Gasteiger partial charge in [-0.2, -0.15) is 0 Å². The Bertz CT molecular complexity index is 3180. The molecule has 0 aliphatic rings. The van der Waals surface area contributed by atoms with Gasteiger partial charge in [0.15, 0.2) is 17.5 Å². The number of aromatic nitrogens is 4. The maximum atomic E-state index is 6.42. The van der Waals surface area contributed by atoms with Gasteiger partial charge in [-0.25, -0.2) is 15.0 Å². The van der Waals surface area contributed by atoms with E-state index < -0.39 is 0 Å². The van der Waals surface area contributed by atoms with Crippen molar-refractivity contribution in [3.63, 3.8) is 0 Å². The summed E-state index contributed by atoms with van der Waals surface area (Å²) in [5, 5.41) is 4.51. The van der Waals surface area contributed by atoms with E-state index in [9.17, 15) is 0 Å². The highest BCUT2D eigenvalue weighted by Crippen LogP contribution is 2.46. The lowest BCUT2D eigenvalue weighted by Crippen LogP contribution is -2.05. The van der Waals surface area contributed by atoms with Crippen LogP contribution in [0.1, 0.15) is 0 Å². The Labute approximate surface area is 322 Å². The molecule has 0 saturated carbocycles. The van der Waals surface area contributed by atoms with Crippen molar-refractivity contribution in [1.29, 1.82) is 0 Å². The summed E-state index contributed by atoms with van der Waals surface area (Å²) in [7, 11) is 0. The molecule has 0 atom stereocenters. The molecular weight excluding hydrogens is 685 g/mol. The van der Waals surface area contributed by atoms with Gasteiger partial charge in [0, 0.05) is 49.4 Å². The lowest BCUT2D eigenvalue weighted by molar-refractivity contribution is 0.669. The first kappa shape index (κ1) is 31.9. The number of hydrogen-bond donors (Lipinski definition) is 0. The smallest absolute Gasteiger partial charge is 0.166 e. The van der Waals surface area contributed by atoms with Crippen LogP contribution in [-0.4, -0.2) is 19.5 Å². The lowest BCUT2D eigenvalue weighted by Gasteiger charge is -2.20. The number of fused-ring (bicyclic) bond motifs is 6. The second kappa shape index (κ2) is 13.0. The van der Waals surface area contributed by atoms with Crippen LogP contribution >= 0.6 is 0 Å². The summed E-state index contributed by atoms with van der Waals surface area (Å²) in [5.74, 6) is 1.83. The van der Waals surface area contributed by atoms with Crippen LogP contribution in [0.2, 0.25) is 0 Å². The summed E-state index contributed by atoms with van der Waals surface area (Å²) < 4.78 is 8.86. The zero-order chi connectivity index (χ0) is 37.0. The van der Waals surface area contributed by atoms with E-state index in [0.29, 0.717) is 17.5 Å². The highest BCUT2D eigenvalue weighted by molar-refractivity contribution is 6.19. The summed E-state index contributed by atoms with van der Waals surface area (Å²) >= 11 is 0. The second-order valence-electron chi connectivity index (χ2n) is 13.9. The van der Waals surface area contributed by atoms with Crippen molar-refractivity contribution in [3.05, 3.63) is 194 Å². The normalized spacial score (nSPS) is 11.6. The number of rotatable bonds is 6. The van der Waals surface area contributed by atoms with Gasteiger partial charge in [0.05, 0.1) is 16.7 Å². The molecule has 0 fully saturated rings. The fraction of sp³-hybridized carbons (Fsp3) is 0. The molecule has 0 spiro atoms. The van der Waals surface area contributed by atoms with Gasteiger partial charge in [0.1, 0.15) is 11.2 Å². The second-order valence-corrected chi connectivity index (χ2v) is 13.9. The molecule has 8 aromatic carbocycles. The van der Waals surface area contributed by atoms with Crippen molar-refractivity contribution in [2.24, 2.45) is 0 Å². The minimum Gasteiger partial charge on any atom is -0.456 e. The zero-order valence-electron chi connectivity index (χ0n) is 30.2. The fourth-order valence-corrected chi connectivity index (χ4v) is 8.21. The number of benzene rings is 8. The monoisotopic (exact) mass is 716 g/mol. The Hall–Kier alpha value is -7.63. The molecule has 3 aromatic heterocycles. The van der Waals surface area contributed by atoms with E-state index in [-0.39, 0.29) is 0 Å². The molecule has 0 bridgehead atoms. The molecule has 0 amide bonds. The van der Waals surface area contributed by atoms with Crippen molar-refractivity contribution in [1.82, 2.24) is 19.5 Å². The van der Waals surface area contributed by atoms with Gasteiger partial charge in [-0.15, -0.1) is 0 Å². The minimum atomic E-state index is 0.594. The van der Waals surface area contributed by atoms with Crippen LogP contribution in [-0.2, 0) is 0 Å². The van der Waals surface area contributed by atoms with Crippen LogP contribution in [0, 0.1) is 0 Å². The molecule has 56 heavy (non-hydrogen) atoms. The maximum Gasteiger partial charge on any atom is 0.166 e. The highest BCUT2D eigenvalue weighted by Gasteiger charge is 2.25. The molecule has 0 unspecified atom stereocenters. The quantitative estimate of drug-likeness (QED) is 0.172. The first-order valence-corrected chi connectivity index (χ1v) is 18.8. The van der Waals surface area contributed by atoms with Crippen LogP contribution in [0.15, 0.2) is 199 Å². The summed E-state index contributed by atoms with van der Waals surface area (Å²) in [6.07, 6.45) is 0. The SMILES string of the molecule is c1ccc(-c2nc(-c3ccccc3)nc(-c3cccc(-c4ccccc4)c3-n3c4ccccc4c4cccc(-c5cccc6oc7ccccc7c56)c43)n2)cc1. The van der Waals surface area contributed by atoms with Crippen LogP contribution < -0.4 is 0 Å². The van der Waals surface area contributed by atoms with Crippen molar-refractivity contribution in [2.45, 2.75) is 0 Å². The Morgan fingerprint density at radius 2 is 0.839 bits per heavy atom. The molecule has 5 nitrogen and oxygen atoms in total. The predicted molar refractivity (Wildman–Crippen MR) is 229 cm³/mol. The van der Waals surface area contributed by atoms with E-state index in [0.717, 1.165) is 88.4 Å². The van der Waals surface area contributed by atoms with Gasteiger partial charge in [0.2, 0.25) is 0 Å². The van der Waals surface area contributed by atoms with E-state index >= 15 is 0 Å². The van der Waals surface area contributed by atoms with Gasteiger partial charge in [-0.3, -0.25) is 0 Å². The third-order valence-corrected chi connectivity index (χ3v) is 10.7. The fourth-order valence-electron chi connectivity index (χ4n) is 8.21. The molecule has 0 N–H and O–H groups in total. The largest absolute Gasteiger partial charge is 0.456 e. The van der Waals surface area contributed by atoms with E-state index in [1.54, 1.807) is 0 Å². The van der Waals surface area contributed by atoms with Crippen LogP contribution in [0.3, 0.4) is 0 Å². The minimum absolute atomic E-state index is 0.594. The molecule has 0 aliphatic heterocycles. The van der Waals surface area contributed by atoms with Crippen LogP contribution in [0.5, 0.6) is 0 Å². The number of nitrogens with zero attached hydrogens (tertiary/aromatic N) is 4. The van der Waals surface area contributed by atoms with E-state index in [4.69, 9.17) is 19.4 Å². The third kappa shape index (κ3) is 5.13. The molecular formula is C51H32N4O. The van der Waals surface area contributed by atoms with Crippen LogP contribution in [0.4, 0.5) is 0 Å². The van der Waals surface area contributed by atoms with Gasteiger partial charge in [0.25, 0.3) is 0 Å². The lowest BCUT2D eigenvalue weighted by atomic mass is 9.96. The van der Waals surface area contributed by atoms with Crippen LogP contribution in [0.25, 0.3) is 106 Å². The number of furan rings is 1. The van der Waals surface area contributed by atoms with Crippen molar-refractivity contribution < 1.29 is 4.42 Å². The third-order valence-electron chi connectivity index (χ3n) is 10.7. The maximum absolute atomic E-state index is 6.42. The summed E-state index contributed by atoms with van der Waals surface area (Å²) in [6, 6.07) is 67.4. The summed E-state index contributed by atoms with van der Waals surface area (Å²) in [4.78, 5) is 15.6. The highest BCUT2D eigenvalue weighted by atomic mass is 16.3. The molecule has 0 saturated heterocycles. The molecule has 3 heterocycles. The molecule has 0 radical (unpaired) electrons.